The third-order valence-electron chi connectivity index (χ3n) is 5.81. The minimum atomic E-state index is -3.78. The van der Waals surface area contributed by atoms with Crippen molar-refractivity contribution in [1.82, 2.24) is 9.88 Å². The Kier molecular flexibility index (Phi) is 6.65. The van der Waals surface area contributed by atoms with Gasteiger partial charge in [0.25, 0.3) is 10.0 Å². The molecule has 2 aromatic carbocycles. The molecule has 1 fully saturated rings. The van der Waals surface area contributed by atoms with Crippen LogP contribution < -0.4 is 10.0 Å². The maximum atomic E-state index is 12.8. The summed E-state index contributed by atoms with van der Waals surface area (Å²) in [4.78, 5) is 31.0. The Morgan fingerprint density at radius 1 is 1.03 bits per heavy atom. The number of hydrogen-bond donors (Lipinski definition) is 2. The highest BCUT2D eigenvalue weighted by molar-refractivity contribution is 7.92. The van der Waals surface area contributed by atoms with Gasteiger partial charge in [-0.25, -0.2) is 8.42 Å². The van der Waals surface area contributed by atoms with Crippen LogP contribution in [0.2, 0.25) is 0 Å². The molecule has 1 aromatic heterocycles. The third kappa shape index (κ3) is 5.26. The molecule has 9 heteroatoms. The minimum Gasteiger partial charge on any atom is -0.336 e. The zero-order valence-corrected chi connectivity index (χ0v) is 19.8. The number of pyridine rings is 1. The van der Waals surface area contributed by atoms with Gasteiger partial charge in [0, 0.05) is 24.8 Å². The summed E-state index contributed by atoms with van der Waals surface area (Å²) in [6.07, 6.45) is 1.80. The van der Waals surface area contributed by atoms with Gasteiger partial charge in [0.05, 0.1) is 28.7 Å². The van der Waals surface area contributed by atoms with Crippen LogP contribution in [0.5, 0.6) is 0 Å². The van der Waals surface area contributed by atoms with Gasteiger partial charge in [0.1, 0.15) is 0 Å². The molecule has 34 heavy (non-hydrogen) atoms. The Labute approximate surface area is 199 Å². The number of aryl methyl sites for hydroxylation is 2. The summed E-state index contributed by atoms with van der Waals surface area (Å²) in [5.41, 5.74) is 3.45. The fraction of sp³-hybridized carbons (Fsp3) is 0.240. The van der Waals surface area contributed by atoms with Gasteiger partial charge >= 0.3 is 0 Å². The second-order valence-corrected chi connectivity index (χ2v) is 10.1. The molecular weight excluding hydrogens is 452 g/mol. The lowest BCUT2D eigenvalue weighted by atomic mass is 10.1. The van der Waals surface area contributed by atoms with Crippen LogP contribution in [0.3, 0.4) is 0 Å². The average Bonchev–Trinajstić information content (AvgIpc) is 3.18. The van der Waals surface area contributed by atoms with Crippen LogP contribution in [0.25, 0.3) is 0 Å². The number of likely N-dealkylation sites (tertiary alicyclic amines) is 1. The molecule has 8 nitrogen and oxygen atoms in total. The molecule has 1 aliphatic heterocycles. The smallest absolute Gasteiger partial charge is 0.261 e. The quantitative estimate of drug-likeness (QED) is 0.540. The van der Waals surface area contributed by atoms with Crippen molar-refractivity contribution in [3.8, 4) is 0 Å². The number of para-hydroxylation sites is 1. The topological polar surface area (TPSA) is 108 Å². The highest BCUT2D eigenvalue weighted by Gasteiger charge is 2.34. The maximum absolute atomic E-state index is 12.8. The van der Waals surface area contributed by atoms with Gasteiger partial charge in [-0.2, -0.15) is 0 Å². The number of anilines is 2. The van der Waals surface area contributed by atoms with E-state index in [4.69, 9.17) is 0 Å². The Balaban J connectivity index is 1.39. The van der Waals surface area contributed by atoms with Crippen LogP contribution in [-0.4, -0.2) is 36.7 Å². The Hall–Kier alpha value is -3.72. The summed E-state index contributed by atoms with van der Waals surface area (Å²) < 4.78 is 28.3. The maximum Gasteiger partial charge on any atom is 0.261 e. The predicted molar refractivity (Wildman–Crippen MR) is 130 cm³/mol. The zero-order valence-electron chi connectivity index (χ0n) is 19.0. The molecule has 0 spiro atoms. The Bertz CT molecular complexity index is 1290. The van der Waals surface area contributed by atoms with Crippen molar-refractivity contribution in [2.75, 3.05) is 16.6 Å². The van der Waals surface area contributed by atoms with E-state index >= 15 is 0 Å². The fourth-order valence-corrected chi connectivity index (χ4v) is 5.12. The van der Waals surface area contributed by atoms with Crippen molar-refractivity contribution in [3.05, 3.63) is 83.7 Å². The number of aromatic nitrogens is 1. The number of hydrogen-bond acceptors (Lipinski definition) is 5. The van der Waals surface area contributed by atoms with E-state index in [0.29, 0.717) is 24.5 Å². The van der Waals surface area contributed by atoms with E-state index in [-0.39, 0.29) is 23.1 Å². The second kappa shape index (κ2) is 9.64. The molecule has 1 unspecified atom stereocenters. The standard InChI is InChI=1S/C25H26N4O4S/c1-17-6-5-7-18(2)24(17)28-34(32,33)22-11-9-20(10-12-22)27-25(31)19-14-23(30)29(15-19)16-21-8-3-4-13-26-21/h3-13,19,28H,14-16H2,1-2H3,(H,27,31). The van der Waals surface area contributed by atoms with Crippen molar-refractivity contribution >= 4 is 33.2 Å². The van der Waals surface area contributed by atoms with Gasteiger partial charge in [-0.05, 0) is 61.4 Å². The monoisotopic (exact) mass is 478 g/mol. The van der Waals surface area contributed by atoms with E-state index in [2.05, 4.69) is 15.0 Å². The molecule has 1 atom stereocenters. The first-order valence-corrected chi connectivity index (χ1v) is 12.4. The van der Waals surface area contributed by atoms with Crippen molar-refractivity contribution in [2.24, 2.45) is 5.92 Å². The van der Waals surface area contributed by atoms with Gasteiger partial charge in [0.15, 0.2) is 0 Å². The van der Waals surface area contributed by atoms with E-state index in [0.717, 1.165) is 16.8 Å². The molecule has 0 radical (unpaired) electrons. The number of nitrogens with zero attached hydrogens (tertiary/aromatic N) is 2. The summed E-state index contributed by atoms with van der Waals surface area (Å²) in [6.45, 7) is 4.36. The van der Waals surface area contributed by atoms with Gasteiger partial charge in [0.2, 0.25) is 11.8 Å². The molecule has 0 saturated carbocycles. The van der Waals surface area contributed by atoms with Crippen molar-refractivity contribution in [2.45, 2.75) is 31.7 Å². The van der Waals surface area contributed by atoms with E-state index in [1.54, 1.807) is 23.2 Å². The molecular formula is C25H26N4O4S. The first kappa shape index (κ1) is 23.4. The first-order chi connectivity index (χ1) is 16.2. The molecule has 2 heterocycles. The van der Waals surface area contributed by atoms with E-state index < -0.39 is 15.9 Å². The molecule has 1 saturated heterocycles. The average molecular weight is 479 g/mol. The van der Waals surface area contributed by atoms with E-state index in [1.165, 1.54) is 12.1 Å². The molecule has 0 aliphatic carbocycles. The molecule has 3 aromatic rings. The van der Waals surface area contributed by atoms with Gasteiger partial charge in [-0.1, -0.05) is 24.3 Å². The lowest BCUT2D eigenvalue weighted by Gasteiger charge is -2.16. The first-order valence-electron chi connectivity index (χ1n) is 10.9. The number of rotatable bonds is 7. The van der Waals surface area contributed by atoms with Crippen LogP contribution in [0, 0.1) is 19.8 Å². The zero-order chi connectivity index (χ0) is 24.3. The molecule has 0 bridgehead atoms. The second-order valence-electron chi connectivity index (χ2n) is 8.38. The van der Waals surface area contributed by atoms with Crippen LogP contribution in [0.15, 0.2) is 71.8 Å². The highest BCUT2D eigenvalue weighted by Crippen LogP contribution is 2.25. The molecule has 2 N–H and O–H groups in total. The molecule has 1 aliphatic rings. The number of amides is 2. The van der Waals surface area contributed by atoms with Crippen LogP contribution in [0.1, 0.15) is 23.2 Å². The number of sulfonamides is 1. The number of carbonyl (C=O) groups is 2. The molecule has 176 valence electrons. The summed E-state index contributed by atoms with van der Waals surface area (Å²) in [7, 11) is -3.78. The van der Waals surface area contributed by atoms with Gasteiger partial charge in [-0.15, -0.1) is 0 Å². The lowest BCUT2D eigenvalue weighted by Crippen LogP contribution is -2.28. The predicted octanol–water partition coefficient (Wildman–Crippen LogP) is 3.49. The minimum absolute atomic E-state index is 0.0886. The van der Waals surface area contributed by atoms with Crippen LogP contribution in [0.4, 0.5) is 11.4 Å². The van der Waals surface area contributed by atoms with Gasteiger partial charge < -0.3 is 10.2 Å². The van der Waals surface area contributed by atoms with E-state index in [9.17, 15) is 18.0 Å². The van der Waals surface area contributed by atoms with Crippen molar-refractivity contribution in [1.29, 1.82) is 0 Å². The number of benzene rings is 2. The summed E-state index contributed by atoms with van der Waals surface area (Å²) in [5.74, 6) is -0.851. The lowest BCUT2D eigenvalue weighted by molar-refractivity contribution is -0.128. The molecule has 2 amide bonds. The Morgan fingerprint density at radius 2 is 1.74 bits per heavy atom. The van der Waals surface area contributed by atoms with Crippen molar-refractivity contribution in [3.63, 3.8) is 0 Å². The fourth-order valence-electron chi connectivity index (χ4n) is 3.92. The number of nitrogens with one attached hydrogen (secondary N) is 2. The molecule has 4 rings (SSSR count). The van der Waals surface area contributed by atoms with Crippen LogP contribution >= 0.6 is 0 Å². The highest BCUT2D eigenvalue weighted by atomic mass is 32.2. The largest absolute Gasteiger partial charge is 0.336 e. The van der Waals surface area contributed by atoms with Gasteiger partial charge in [-0.3, -0.25) is 19.3 Å². The summed E-state index contributed by atoms with van der Waals surface area (Å²) >= 11 is 0. The third-order valence-corrected chi connectivity index (χ3v) is 7.18. The number of carbonyl (C=O) groups excluding carboxylic acids is 2. The Morgan fingerprint density at radius 3 is 2.38 bits per heavy atom. The van der Waals surface area contributed by atoms with Crippen LogP contribution in [-0.2, 0) is 26.2 Å². The SMILES string of the molecule is Cc1cccc(C)c1NS(=O)(=O)c1ccc(NC(=O)C2CC(=O)N(Cc3ccccn3)C2)cc1. The van der Waals surface area contributed by atoms with Crippen molar-refractivity contribution < 1.29 is 18.0 Å². The summed E-state index contributed by atoms with van der Waals surface area (Å²) in [6, 6.07) is 17.0. The normalized spacial score (nSPS) is 15.9. The van der Waals surface area contributed by atoms with E-state index in [1.807, 2.05) is 50.2 Å². The summed E-state index contributed by atoms with van der Waals surface area (Å²) in [5, 5.41) is 2.79.